The van der Waals surface area contributed by atoms with Crippen LogP contribution in [0.4, 0.5) is 0 Å². The Balaban J connectivity index is 3.45. The quantitative estimate of drug-likeness (QED) is 0.268. The molecule has 0 aliphatic carbocycles. The van der Waals surface area contributed by atoms with Crippen molar-refractivity contribution in [2.24, 2.45) is 0 Å². The molecule has 0 aliphatic rings. The Morgan fingerprint density at radius 2 is 1.27 bits per heavy atom. The van der Waals surface area contributed by atoms with Gasteiger partial charge in [-0.1, -0.05) is 76.3 Å². The van der Waals surface area contributed by atoms with Crippen LogP contribution in [0.15, 0.2) is 0 Å². The molecule has 4 nitrogen and oxygen atoms in total. The molecule has 0 radical (unpaired) electrons. The first-order valence-corrected chi connectivity index (χ1v) is 10.5. The van der Waals surface area contributed by atoms with Crippen molar-refractivity contribution < 1.29 is 16.8 Å². The third kappa shape index (κ3) is 14.3. The smallest absolute Gasteiger partial charge is 0.248 e. The maximum absolute atomic E-state index is 11.4. The summed E-state index contributed by atoms with van der Waals surface area (Å²) in [6, 6.07) is 0. The lowest BCUT2D eigenvalue weighted by Crippen LogP contribution is -2.21. The summed E-state index contributed by atoms with van der Waals surface area (Å²) in [5.41, 5.74) is -1.35. The average Bonchev–Trinajstić information content (AvgIpc) is 2.44. The van der Waals surface area contributed by atoms with Crippen LogP contribution >= 0.6 is 34.8 Å². The van der Waals surface area contributed by atoms with Gasteiger partial charge in [0.15, 0.2) is 5.56 Å². The van der Waals surface area contributed by atoms with E-state index >= 15 is 0 Å². The van der Waals surface area contributed by atoms with Gasteiger partial charge in [0.2, 0.25) is 0 Å². The van der Waals surface area contributed by atoms with Gasteiger partial charge < -0.3 is 0 Å². The second-order valence-corrected chi connectivity index (χ2v) is 8.03. The summed E-state index contributed by atoms with van der Waals surface area (Å²) in [7, 11) is -4.14. The van der Waals surface area contributed by atoms with E-state index in [0.717, 1.165) is 12.8 Å². The van der Waals surface area contributed by atoms with Crippen molar-refractivity contribution >= 4 is 45.2 Å². The number of hydrogen-bond acceptors (Lipinski definition) is 4. The first-order chi connectivity index (χ1) is 10.4. The lowest BCUT2D eigenvalue weighted by molar-refractivity contribution is 0.201. The molecule has 134 valence electrons. The fourth-order valence-corrected chi connectivity index (χ4v) is 3.14. The van der Waals surface area contributed by atoms with Crippen LogP contribution in [-0.2, 0) is 18.8 Å². The van der Waals surface area contributed by atoms with E-state index in [2.05, 4.69) is 15.3 Å². The minimum absolute atomic E-state index is 0.0810. The fraction of sp³-hybridized carbons (Fsp3) is 1.00. The Morgan fingerprint density at radius 3 is 1.73 bits per heavy atom. The van der Waals surface area contributed by atoms with E-state index in [1.165, 1.54) is 44.9 Å². The topological polar surface area (TPSA) is 52.6 Å². The lowest BCUT2D eigenvalue weighted by Gasteiger charge is -2.11. The van der Waals surface area contributed by atoms with E-state index in [0.29, 0.717) is 6.42 Å². The van der Waals surface area contributed by atoms with Crippen molar-refractivity contribution in [3.63, 3.8) is 0 Å². The molecule has 0 aliphatic heterocycles. The minimum atomic E-state index is -4.14. The molecule has 1 unspecified atom stereocenters. The molecule has 0 aromatic rings. The largest absolute Gasteiger partial charge is 0.401 e. The van der Waals surface area contributed by atoms with E-state index < -0.39 is 20.8 Å². The van der Waals surface area contributed by atoms with Crippen molar-refractivity contribution in [2.75, 3.05) is 6.61 Å². The summed E-state index contributed by atoms with van der Waals surface area (Å²) in [6.07, 6.45) is 11.6. The molecule has 0 spiro atoms. The summed E-state index contributed by atoms with van der Waals surface area (Å²) >= 11 is 16.3. The first kappa shape index (κ1) is 22.7. The van der Waals surface area contributed by atoms with Gasteiger partial charge in [0.05, 0.1) is 6.61 Å². The highest BCUT2D eigenvalue weighted by atomic mass is 35.5. The number of unbranched alkanes of at least 4 members (excludes halogenated alkanes) is 9. The van der Waals surface area contributed by atoms with Gasteiger partial charge in [0.25, 0.3) is 0 Å². The molecule has 0 aromatic heterocycles. The Bertz CT molecular complexity index is 350. The van der Waals surface area contributed by atoms with Crippen molar-refractivity contribution in [1.29, 1.82) is 0 Å². The predicted molar refractivity (Wildman–Crippen MR) is 92.9 cm³/mol. The Labute approximate surface area is 150 Å². The number of hydrogen-bond donors (Lipinski definition) is 0. The monoisotopic (exact) mass is 396 g/mol. The van der Waals surface area contributed by atoms with Crippen molar-refractivity contribution in [3.05, 3.63) is 0 Å². The molecule has 22 heavy (non-hydrogen) atoms. The van der Waals surface area contributed by atoms with Crippen LogP contribution < -0.4 is 0 Å². The molecule has 0 aromatic carbocycles. The Morgan fingerprint density at radius 1 is 0.818 bits per heavy atom. The molecule has 1 atom stereocenters. The number of halogens is 3. The van der Waals surface area contributed by atoms with Crippen LogP contribution in [0.1, 0.15) is 71.1 Å². The van der Waals surface area contributed by atoms with Crippen LogP contribution in [-0.4, -0.2) is 25.4 Å². The van der Waals surface area contributed by atoms with E-state index in [1.54, 1.807) is 0 Å². The van der Waals surface area contributed by atoms with E-state index in [-0.39, 0.29) is 6.61 Å². The molecule has 0 saturated heterocycles. The molecule has 0 rings (SSSR count). The molecular weight excluding hydrogens is 371 g/mol. The third-order valence-corrected chi connectivity index (χ3v) is 5.19. The molecule has 0 fully saturated rings. The minimum Gasteiger partial charge on any atom is -0.248 e. The predicted octanol–water partition coefficient (Wildman–Crippen LogP) is 5.55. The van der Waals surface area contributed by atoms with E-state index in [4.69, 9.17) is 34.8 Å². The summed E-state index contributed by atoms with van der Waals surface area (Å²) in [5.74, 6) is 0. The summed E-state index contributed by atoms with van der Waals surface area (Å²) < 4.78 is 31.8. The van der Waals surface area contributed by atoms with Crippen molar-refractivity contribution in [1.82, 2.24) is 0 Å². The van der Waals surface area contributed by atoms with Crippen molar-refractivity contribution in [2.45, 2.75) is 81.5 Å². The Kier molecular flexibility index (Phi) is 14.6. The van der Waals surface area contributed by atoms with E-state index in [1.807, 2.05) is 0 Å². The zero-order valence-electron chi connectivity index (χ0n) is 13.1. The van der Waals surface area contributed by atoms with Crippen LogP contribution in [0, 0.1) is 0 Å². The van der Waals surface area contributed by atoms with Gasteiger partial charge in [-0.05, 0) is 6.42 Å². The second-order valence-electron chi connectivity index (χ2n) is 5.19. The van der Waals surface area contributed by atoms with Gasteiger partial charge >= 0.3 is 10.4 Å². The maximum Gasteiger partial charge on any atom is 0.401 e. The molecule has 0 saturated carbocycles. The van der Waals surface area contributed by atoms with Crippen LogP contribution in [0.25, 0.3) is 0 Å². The highest BCUT2D eigenvalue weighted by molar-refractivity contribution is 7.81. The van der Waals surface area contributed by atoms with Gasteiger partial charge in [-0.25, -0.2) is 8.37 Å². The van der Waals surface area contributed by atoms with Gasteiger partial charge in [-0.15, -0.1) is 23.2 Å². The summed E-state index contributed by atoms with van der Waals surface area (Å²) in [6.45, 7) is 2.29. The van der Waals surface area contributed by atoms with Gasteiger partial charge in [0.1, 0.15) is 4.84 Å². The number of alkyl halides is 3. The normalized spacial score (nSPS) is 13.7. The molecule has 0 bridgehead atoms. The molecule has 8 heteroatoms. The standard InChI is InChI=1S/C14H27Cl3O4S/c1-2-3-4-5-6-7-8-9-10-11-12-20-22(18,19)21-14(17)13(15)16/h13-14H,2-12H2,1H3. The molecular formula is C14H27Cl3O4S. The fourth-order valence-electron chi connectivity index (χ4n) is 1.93. The van der Waals surface area contributed by atoms with Gasteiger partial charge in [-0.2, -0.15) is 8.42 Å². The lowest BCUT2D eigenvalue weighted by atomic mass is 10.1. The highest BCUT2D eigenvalue weighted by Crippen LogP contribution is 2.18. The zero-order valence-corrected chi connectivity index (χ0v) is 16.2. The average molecular weight is 398 g/mol. The molecule has 0 amide bonds. The third-order valence-electron chi connectivity index (χ3n) is 3.13. The summed E-state index contributed by atoms with van der Waals surface area (Å²) in [5, 5.41) is 0. The maximum atomic E-state index is 11.4. The first-order valence-electron chi connectivity index (χ1n) is 7.89. The van der Waals surface area contributed by atoms with Crippen molar-refractivity contribution in [3.8, 4) is 0 Å². The van der Waals surface area contributed by atoms with E-state index in [9.17, 15) is 8.42 Å². The highest BCUT2D eigenvalue weighted by Gasteiger charge is 2.23. The zero-order chi connectivity index (χ0) is 16.8. The van der Waals surface area contributed by atoms with Gasteiger partial charge in [-0.3, -0.25) is 0 Å². The van der Waals surface area contributed by atoms with Crippen LogP contribution in [0.3, 0.4) is 0 Å². The number of rotatable bonds is 15. The molecule has 0 N–H and O–H groups in total. The summed E-state index contributed by atoms with van der Waals surface area (Å²) in [4.78, 5) is -1.14. The van der Waals surface area contributed by atoms with Crippen LogP contribution in [0.2, 0.25) is 0 Å². The van der Waals surface area contributed by atoms with Crippen LogP contribution in [0.5, 0.6) is 0 Å². The van der Waals surface area contributed by atoms with Gasteiger partial charge in [0, 0.05) is 0 Å². The Hall–Kier alpha value is 0.740. The SMILES string of the molecule is CCCCCCCCCCCCOS(=O)(=O)OC(Cl)C(Cl)Cl. The molecule has 0 heterocycles. The second kappa shape index (κ2) is 14.1.